The summed E-state index contributed by atoms with van der Waals surface area (Å²) in [5.74, 6) is 1.30. The van der Waals surface area contributed by atoms with Gasteiger partial charge in [-0.3, -0.25) is 4.98 Å². The van der Waals surface area contributed by atoms with Crippen LogP contribution in [0.15, 0.2) is 134 Å². The first-order valence-corrected chi connectivity index (χ1v) is 20.1. The molecule has 0 aliphatic rings. The zero-order valence-electron chi connectivity index (χ0n) is 31.1. The Bertz CT molecular complexity index is 2010. The van der Waals surface area contributed by atoms with Crippen molar-refractivity contribution in [3.05, 3.63) is 157 Å². The molecule has 4 nitrogen and oxygen atoms in total. The lowest BCUT2D eigenvalue weighted by molar-refractivity contribution is 0.711. The van der Waals surface area contributed by atoms with E-state index in [0.717, 1.165) is 73.2 Å². The molecule has 0 aliphatic carbocycles. The van der Waals surface area contributed by atoms with Crippen molar-refractivity contribution in [1.82, 2.24) is 10.3 Å². The second-order valence-corrected chi connectivity index (χ2v) is 13.8. The third kappa shape index (κ3) is 9.18. The third-order valence-electron chi connectivity index (χ3n) is 8.99. The number of fused-ring (bicyclic) bond motifs is 1. The minimum Gasteiger partial charge on any atom is -0.404 e. The van der Waals surface area contributed by atoms with E-state index in [0.29, 0.717) is 5.92 Å². The van der Waals surface area contributed by atoms with Gasteiger partial charge in [0.2, 0.25) is 0 Å². The highest BCUT2D eigenvalue weighted by Crippen LogP contribution is 2.43. The summed E-state index contributed by atoms with van der Waals surface area (Å²) in [7, 11) is 1.96. The van der Waals surface area contributed by atoms with Gasteiger partial charge in [-0.15, -0.1) is 23.5 Å². The van der Waals surface area contributed by atoms with E-state index in [1.807, 2.05) is 50.7 Å². The van der Waals surface area contributed by atoms with Gasteiger partial charge in [-0.1, -0.05) is 131 Å². The third-order valence-corrected chi connectivity index (χ3v) is 10.9. The fourth-order valence-electron chi connectivity index (χ4n) is 6.34. The van der Waals surface area contributed by atoms with Gasteiger partial charge < -0.3 is 16.8 Å². The van der Waals surface area contributed by atoms with Crippen LogP contribution in [-0.2, 0) is 0 Å². The number of benzene rings is 4. The van der Waals surface area contributed by atoms with Gasteiger partial charge in [-0.25, -0.2) is 0 Å². The molecule has 1 heterocycles. The first-order chi connectivity index (χ1) is 25.5. The Kier molecular flexibility index (Phi) is 15.6. The molecule has 2 atom stereocenters. The number of hydrogen-bond acceptors (Lipinski definition) is 6. The molecule has 0 bridgehead atoms. The topological polar surface area (TPSA) is 77.0 Å². The van der Waals surface area contributed by atoms with Crippen molar-refractivity contribution in [2.24, 2.45) is 17.4 Å². The van der Waals surface area contributed by atoms with Crippen molar-refractivity contribution in [3.63, 3.8) is 0 Å². The number of rotatable bonds is 15. The minimum absolute atomic E-state index is 0.108. The number of nitrogens with two attached hydrogens (primary N) is 2. The van der Waals surface area contributed by atoms with E-state index in [9.17, 15) is 0 Å². The molecular formula is C46H52N4S2. The van der Waals surface area contributed by atoms with E-state index in [-0.39, 0.29) is 5.37 Å². The van der Waals surface area contributed by atoms with Gasteiger partial charge in [0, 0.05) is 29.9 Å². The smallest absolute Gasteiger partial charge is 0.0956 e. The average molecular weight is 725 g/mol. The highest BCUT2D eigenvalue weighted by atomic mass is 32.2. The van der Waals surface area contributed by atoms with Gasteiger partial charge in [0.05, 0.1) is 11.1 Å². The average Bonchev–Trinajstić information content (AvgIpc) is 3.21. The van der Waals surface area contributed by atoms with Gasteiger partial charge >= 0.3 is 0 Å². The van der Waals surface area contributed by atoms with Gasteiger partial charge in [0.1, 0.15) is 0 Å². The summed E-state index contributed by atoms with van der Waals surface area (Å²) in [5.41, 5.74) is 23.7. The molecule has 4 aromatic carbocycles. The molecule has 2 unspecified atom stereocenters. The Labute approximate surface area is 319 Å². The number of hydrogen-bond donors (Lipinski definition) is 3. The first kappa shape index (κ1) is 40.0. The molecule has 5 aromatic rings. The Morgan fingerprint density at radius 1 is 0.827 bits per heavy atom. The van der Waals surface area contributed by atoms with Crippen molar-refractivity contribution in [2.75, 3.05) is 19.1 Å². The van der Waals surface area contributed by atoms with E-state index in [2.05, 4.69) is 123 Å². The summed E-state index contributed by atoms with van der Waals surface area (Å²) >= 11 is 3.44. The van der Waals surface area contributed by atoms with Gasteiger partial charge in [0.15, 0.2) is 0 Å². The quantitative estimate of drug-likeness (QED) is 0.0737. The van der Waals surface area contributed by atoms with Crippen LogP contribution >= 0.6 is 23.5 Å². The van der Waals surface area contributed by atoms with E-state index >= 15 is 0 Å². The number of nitrogens with zero attached hydrogens (tertiary/aromatic N) is 1. The predicted molar refractivity (Wildman–Crippen MR) is 236 cm³/mol. The van der Waals surface area contributed by atoms with Crippen molar-refractivity contribution < 1.29 is 0 Å². The molecular weight excluding hydrogens is 673 g/mol. The summed E-state index contributed by atoms with van der Waals surface area (Å²) in [4.78, 5) is 4.92. The number of allylic oxidation sites excluding steroid dienone is 3. The number of nitrogens with one attached hydrogen (secondary N) is 1. The predicted octanol–water partition coefficient (Wildman–Crippen LogP) is 12.2. The van der Waals surface area contributed by atoms with Crippen LogP contribution < -0.4 is 16.8 Å². The van der Waals surface area contributed by atoms with Gasteiger partial charge in [0.25, 0.3) is 0 Å². The normalized spacial score (nSPS) is 12.8. The Morgan fingerprint density at radius 2 is 1.46 bits per heavy atom. The van der Waals surface area contributed by atoms with Crippen LogP contribution in [0.2, 0.25) is 0 Å². The SMILES string of the molecule is C=Cc1c(C=C)c(-c2ccc(C(NC)SC)nc2)c2cc(-c3ccc(-c4ccccc4)cc3)ccc2c1C(/C=C\C(CC)CS/C=C\N)=C/N.CC. The van der Waals surface area contributed by atoms with Crippen LogP contribution in [-0.4, -0.2) is 24.0 Å². The fraction of sp³-hybridized carbons (Fsp3) is 0.196. The lowest BCUT2D eigenvalue weighted by Crippen LogP contribution is -2.13. The first-order valence-electron chi connectivity index (χ1n) is 17.8. The molecule has 268 valence electrons. The van der Waals surface area contributed by atoms with Crippen molar-refractivity contribution in [3.8, 4) is 33.4 Å². The molecule has 0 amide bonds. The molecule has 0 saturated carbocycles. The second-order valence-electron chi connectivity index (χ2n) is 11.9. The Hall–Kier alpha value is -4.75. The summed E-state index contributed by atoms with van der Waals surface area (Å²) < 4.78 is 0. The standard InChI is InChI=1S/C44H46N4S2.C2H6/c1-6-30(29-50-25-24-45)14-15-35(27-46)42-37(7-2)38(8-3)43(36-21-23-41(48-28-36)44(47-4)49-5)40-26-34(20-22-39(40)42)33-18-16-32(17-19-33)31-12-10-9-11-13-31;1-2/h7-28,30,44,47H,2-3,6,29,45-46H2,1,4-5H3;1-2H3/b15-14-,25-24-,35-27+;. The van der Waals surface area contributed by atoms with E-state index in [1.165, 1.54) is 11.1 Å². The Morgan fingerprint density at radius 3 is 2.02 bits per heavy atom. The van der Waals surface area contributed by atoms with Gasteiger partial charge in [-0.2, -0.15) is 0 Å². The molecule has 52 heavy (non-hydrogen) atoms. The fourth-order valence-corrected chi connectivity index (χ4v) is 7.77. The lowest BCUT2D eigenvalue weighted by Gasteiger charge is -2.22. The maximum atomic E-state index is 6.44. The summed E-state index contributed by atoms with van der Waals surface area (Å²) in [6.45, 7) is 14.8. The summed E-state index contributed by atoms with van der Waals surface area (Å²) in [5, 5.41) is 7.56. The molecule has 5 rings (SSSR count). The molecule has 0 saturated heterocycles. The summed E-state index contributed by atoms with van der Waals surface area (Å²) in [6, 6.07) is 30.2. The van der Waals surface area contributed by atoms with E-state index in [1.54, 1.807) is 35.9 Å². The van der Waals surface area contributed by atoms with E-state index < -0.39 is 0 Å². The molecule has 1 aromatic heterocycles. The molecule has 6 heteroatoms. The maximum Gasteiger partial charge on any atom is 0.0956 e. The second kappa shape index (κ2) is 20.3. The van der Waals surface area contributed by atoms with Crippen LogP contribution in [0.25, 0.3) is 61.9 Å². The van der Waals surface area contributed by atoms with Crippen molar-refractivity contribution in [1.29, 1.82) is 0 Å². The van der Waals surface area contributed by atoms with Crippen LogP contribution in [0.3, 0.4) is 0 Å². The van der Waals surface area contributed by atoms with Crippen molar-refractivity contribution >= 4 is 52.0 Å². The maximum absolute atomic E-state index is 6.44. The molecule has 0 spiro atoms. The van der Waals surface area contributed by atoms with E-state index in [4.69, 9.17) is 16.5 Å². The Balaban J connectivity index is 0.00000297. The minimum atomic E-state index is 0.108. The zero-order valence-corrected chi connectivity index (χ0v) is 32.7. The lowest BCUT2D eigenvalue weighted by atomic mass is 9.82. The van der Waals surface area contributed by atoms with Crippen LogP contribution in [0, 0.1) is 5.92 Å². The largest absolute Gasteiger partial charge is 0.404 e. The van der Waals surface area contributed by atoms with Crippen LogP contribution in [0.5, 0.6) is 0 Å². The number of pyridine rings is 1. The molecule has 0 aliphatic heterocycles. The molecule has 0 radical (unpaired) electrons. The van der Waals surface area contributed by atoms with Gasteiger partial charge in [-0.05, 0) is 104 Å². The highest BCUT2D eigenvalue weighted by Gasteiger charge is 2.21. The summed E-state index contributed by atoms with van der Waals surface area (Å²) in [6.07, 6.45) is 16.6. The monoisotopic (exact) mass is 724 g/mol. The van der Waals surface area contributed by atoms with Crippen LogP contribution in [0.1, 0.15) is 55.0 Å². The number of thioether (sulfide) groups is 2. The highest BCUT2D eigenvalue weighted by molar-refractivity contribution is 8.02. The molecule has 0 fully saturated rings. The van der Waals surface area contributed by atoms with Crippen molar-refractivity contribution in [2.45, 2.75) is 32.6 Å². The molecule has 5 N–H and O–H groups in total. The van der Waals surface area contributed by atoms with Crippen LogP contribution in [0.4, 0.5) is 0 Å². The zero-order chi connectivity index (χ0) is 37.5. The number of aromatic nitrogens is 1.